The summed E-state index contributed by atoms with van der Waals surface area (Å²) in [5, 5.41) is 10.7. The molecule has 100 valence electrons. The zero-order chi connectivity index (χ0) is 14.1. The van der Waals surface area contributed by atoms with Crippen LogP contribution in [0.15, 0.2) is 28.0 Å². The molecule has 0 aliphatic heterocycles. The van der Waals surface area contributed by atoms with Crippen LogP contribution in [-0.2, 0) is 19.1 Å². The Hall–Kier alpha value is -1.23. The molecule has 1 aromatic rings. The van der Waals surface area contributed by atoms with Crippen molar-refractivity contribution >= 4 is 35.4 Å². The molecule has 0 spiro atoms. The van der Waals surface area contributed by atoms with E-state index in [0.29, 0.717) is 6.07 Å². The van der Waals surface area contributed by atoms with Crippen molar-refractivity contribution in [1.29, 1.82) is 0 Å². The zero-order valence-corrected chi connectivity index (χ0v) is 11.2. The number of nitro groups is 1. The molecule has 0 saturated heterocycles. The van der Waals surface area contributed by atoms with E-state index < -0.39 is 39.5 Å². The van der Waals surface area contributed by atoms with Crippen molar-refractivity contribution in [2.75, 3.05) is 7.05 Å². The summed E-state index contributed by atoms with van der Waals surface area (Å²) in [4.78, 5) is 8.49. The fraction of sp³-hybridized carbons (Fsp3) is 0.143. The number of hydrogen-bond donors (Lipinski definition) is 1. The van der Waals surface area contributed by atoms with E-state index in [1.807, 2.05) is 4.72 Å². The average Bonchev–Trinajstić information content (AvgIpc) is 2.27. The Bertz CT molecular complexity index is 697. The predicted octanol–water partition coefficient (Wildman–Crippen LogP) is 0.430. The van der Waals surface area contributed by atoms with Crippen molar-refractivity contribution in [2.24, 2.45) is 0 Å². The summed E-state index contributed by atoms with van der Waals surface area (Å²) >= 11 is 0. The molecule has 1 rings (SSSR count). The van der Waals surface area contributed by atoms with Gasteiger partial charge in [0.1, 0.15) is 0 Å². The summed E-state index contributed by atoms with van der Waals surface area (Å²) in [7, 11) is -2.11. The van der Waals surface area contributed by atoms with Gasteiger partial charge in [0, 0.05) is 16.7 Å². The minimum atomic E-state index is -4.33. The molecule has 0 radical (unpaired) electrons. The molecule has 0 amide bonds. The first-order chi connectivity index (χ1) is 8.09. The average molecular weight is 315 g/mol. The standard InChI is InChI=1S/C7H7ClN2O6S2/c1-9-18(15,16)5-2-3-7(17(8,13)14)6(4-5)10(11)12/h2-4,9H,1H3. The van der Waals surface area contributed by atoms with E-state index in [0.717, 1.165) is 19.2 Å². The Labute approximate surface area is 107 Å². The monoisotopic (exact) mass is 314 g/mol. The van der Waals surface area contributed by atoms with E-state index in [1.165, 1.54) is 0 Å². The van der Waals surface area contributed by atoms with E-state index in [-0.39, 0.29) is 0 Å². The van der Waals surface area contributed by atoms with Crippen LogP contribution in [0.2, 0.25) is 0 Å². The third-order valence-corrected chi connectivity index (χ3v) is 4.75. The number of sulfonamides is 1. The molecule has 18 heavy (non-hydrogen) atoms. The van der Waals surface area contributed by atoms with Crippen LogP contribution in [0.3, 0.4) is 0 Å². The van der Waals surface area contributed by atoms with Crippen LogP contribution < -0.4 is 4.72 Å². The van der Waals surface area contributed by atoms with E-state index in [9.17, 15) is 26.9 Å². The van der Waals surface area contributed by atoms with E-state index in [4.69, 9.17) is 10.7 Å². The molecule has 0 aliphatic rings. The summed E-state index contributed by atoms with van der Waals surface area (Å²) < 4.78 is 47.0. The maximum absolute atomic E-state index is 11.4. The minimum absolute atomic E-state index is 0.430. The second-order valence-corrected chi connectivity index (χ2v) is 7.45. The number of nitro benzene ring substituents is 1. The molecule has 0 aliphatic carbocycles. The maximum atomic E-state index is 11.4. The van der Waals surface area contributed by atoms with Crippen LogP contribution in [0.5, 0.6) is 0 Å². The van der Waals surface area contributed by atoms with Crippen molar-refractivity contribution in [3.05, 3.63) is 28.3 Å². The number of nitrogens with one attached hydrogen (secondary N) is 1. The lowest BCUT2D eigenvalue weighted by Gasteiger charge is -2.04. The van der Waals surface area contributed by atoms with Crippen molar-refractivity contribution in [1.82, 2.24) is 4.72 Å². The van der Waals surface area contributed by atoms with Gasteiger partial charge in [0.05, 0.1) is 9.82 Å². The number of benzene rings is 1. The van der Waals surface area contributed by atoms with Crippen LogP contribution in [0.25, 0.3) is 0 Å². The minimum Gasteiger partial charge on any atom is -0.258 e. The summed E-state index contributed by atoms with van der Waals surface area (Å²) in [6.45, 7) is 0. The third kappa shape index (κ3) is 2.96. The summed E-state index contributed by atoms with van der Waals surface area (Å²) in [5.74, 6) is 0. The number of hydrogen-bond acceptors (Lipinski definition) is 6. The number of nitrogens with zero attached hydrogens (tertiary/aromatic N) is 1. The Kier molecular flexibility index (Phi) is 3.96. The van der Waals surface area contributed by atoms with Gasteiger partial charge >= 0.3 is 0 Å². The molecule has 8 nitrogen and oxygen atoms in total. The van der Waals surface area contributed by atoms with Gasteiger partial charge in [-0.25, -0.2) is 21.6 Å². The van der Waals surface area contributed by atoms with Crippen LogP contribution in [-0.4, -0.2) is 28.8 Å². The van der Waals surface area contributed by atoms with Gasteiger partial charge in [-0.3, -0.25) is 10.1 Å². The second-order valence-electron chi connectivity index (χ2n) is 3.03. The van der Waals surface area contributed by atoms with Crippen molar-refractivity contribution in [3.63, 3.8) is 0 Å². The molecule has 0 atom stereocenters. The lowest BCUT2D eigenvalue weighted by Crippen LogP contribution is -2.18. The van der Waals surface area contributed by atoms with Crippen LogP contribution >= 0.6 is 10.7 Å². The number of rotatable bonds is 4. The lowest BCUT2D eigenvalue weighted by atomic mass is 10.3. The molecule has 1 aromatic carbocycles. The van der Waals surface area contributed by atoms with Gasteiger partial charge in [-0.2, -0.15) is 0 Å². The van der Waals surface area contributed by atoms with Gasteiger partial charge in [-0.05, 0) is 19.2 Å². The van der Waals surface area contributed by atoms with E-state index >= 15 is 0 Å². The van der Waals surface area contributed by atoms with Gasteiger partial charge in [0.25, 0.3) is 14.7 Å². The van der Waals surface area contributed by atoms with Crippen molar-refractivity contribution < 1.29 is 21.8 Å². The molecule has 11 heteroatoms. The smallest absolute Gasteiger partial charge is 0.258 e. The highest BCUT2D eigenvalue weighted by Gasteiger charge is 2.26. The molecule has 0 aromatic heterocycles. The first-order valence-electron chi connectivity index (χ1n) is 4.26. The molecule has 0 unspecified atom stereocenters. The van der Waals surface area contributed by atoms with Crippen LogP contribution in [0, 0.1) is 10.1 Å². The molecule has 0 bridgehead atoms. The van der Waals surface area contributed by atoms with Crippen LogP contribution in [0.1, 0.15) is 0 Å². The fourth-order valence-corrected chi connectivity index (χ4v) is 2.89. The lowest BCUT2D eigenvalue weighted by molar-refractivity contribution is -0.388. The highest BCUT2D eigenvalue weighted by Crippen LogP contribution is 2.29. The summed E-state index contributed by atoms with van der Waals surface area (Å²) in [5.41, 5.74) is -0.902. The van der Waals surface area contributed by atoms with Crippen molar-refractivity contribution in [2.45, 2.75) is 9.79 Å². The van der Waals surface area contributed by atoms with E-state index in [2.05, 4.69) is 0 Å². The molecule has 0 saturated carbocycles. The molecule has 0 fully saturated rings. The maximum Gasteiger partial charge on any atom is 0.290 e. The van der Waals surface area contributed by atoms with Gasteiger partial charge in [0.2, 0.25) is 10.0 Å². The normalized spacial score (nSPS) is 12.3. The van der Waals surface area contributed by atoms with Gasteiger partial charge < -0.3 is 0 Å². The van der Waals surface area contributed by atoms with E-state index in [1.54, 1.807) is 0 Å². The largest absolute Gasteiger partial charge is 0.290 e. The molecule has 0 heterocycles. The quantitative estimate of drug-likeness (QED) is 0.488. The predicted molar refractivity (Wildman–Crippen MR) is 62.4 cm³/mol. The second kappa shape index (κ2) is 4.80. The Morgan fingerprint density at radius 1 is 1.28 bits per heavy atom. The summed E-state index contributed by atoms with van der Waals surface area (Å²) in [6, 6.07) is 2.31. The Morgan fingerprint density at radius 3 is 2.22 bits per heavy atom. The first-order valence-corrected chi connectivity index (χ1v) is 8.05. The SMILES string of the molecule is CNS(=O)(=O)c1ccc(S(=O)(=O)Cl)c([N+](=O)[O-])c1. The van der Waals surface area contributed by atoms with Gasteiger partial charge in [0.15, 0.2) is 4.90 Å². The zero-order valence-electron chi connectivity index (χ0n) is 8.82. The van der Waals surface area contributed by atoms with Crippen LogP contribution in [0.4, 0.5) is 5.69 Å². The number of halogens is 1. The van der Waals surface area contributed by atoms with Gasteiger partial charge in [-0.1, -0.05) is 0 Å². The highest BCUT2D eigenvalue weighted by molar-refractivity contribution is 8.13. The Balaban J connectivity index is 3.63. The third-order valence-electron chi connectivity index (χ3n) is 1.97. The molecular weight excluding hydrogens is 308 g/mol. The summed E-state index contributed by atoms with van der Waals surface area (Å²) in [6.07, 6.45) is 0. The highest BCUT2D eigenvalue weighted by atomic mass is 35.7. The van der Waals surface area contributed by atoms with Gasteiger partial charge in [-0.15, -0.1) is 0 Å². The topological polar surface area (TPSA) is 123 Å². The fourth-order valence-electron chi connectivity index (χ4n) is 1.13. The van der Waals surface area contributed by atoms with Crippen molar-refractivity contribution in [3.8, 4) is 0 Å². The molecular formula is C7H7ClN2O6S2. The molecule has 1 N–H and O–H groups in total. The first kappa shape index (κ1) is 14.8. The Morgan fingerprint density at radius 2 is 1.83 bits per heavy atom.